The normalized spacial score (nSPS) is 11.0. The Bertz CT molecular complexity index is 1190. The molecule has 5 nitrogen and oxygen atoms in total. The molecule has 0 fully saturated rings. The summed E-state index contributed by atoms with van der Waals surface area (Å²) in [5, 5.41) is 2.28. The van der Waals surface area contributed by atoms with Gasteiger partial charge in [-0.05, 0) is 47.8 Å². The average Bonchev–Trinajstić information content (AvgIpc) is 3.19. The van der Waals surface area contributed by atoms with Crippen LogP contribution < -0.4 is 5.56 Å². The van der Waals surface area contributed by atoms with Crippen molar-refractivity contribution in [2.45, 2.75) is 11.7 Å². The highest BCUT2D eigenvalue weighted by molar-refractivity contribution is 7.99. The van der Waals surface area contributed by atoms with Crippen molar-refractivity contribution in [1.29, 1.82) is 0 Å². The Morgan fingerprint density at radius 1 is 1.14 bits per heavy atom. The second kappa shape index (κ2) is 8.04. The number of hydrogen-bond donors (Lipinski definition) is 0. The van der Waals surface area contributed by atoms with E-state index in [4.69, 9.17) is 0 Å². The lowest BCUT2D eigenvalue weighted by atomic mass is 10.1. The number of ketones is 1. The van der Waals surface area contributed by atoms with E-state index in [1.54, 1.807) is 16.8 Å². The van der Waals surface area contributed by atoms with Gasteiger partial charge < -0.3 is 0 Å². The van der Waals surface area contributed by atoms with Crippen molar-refractivity contribution in [3.8, 4) is 0 Å². The third kappa shape index (κ3) is 3.88. The zero-order valence-electron chi connectivity index (χ0n) is 14.5. The number of fused-ring (bicyclic) bond motifs is 1. The van der Waals surface area contributed by atoms with E-state index in [-0.39, 0.29) is 23.6 Å². The number of nitrogens with zero attached hydrogens (tertiary/aromatic N) is 3. The Morgan fingerprint density at radius 3 is 2.71 bits per heavy atom. The number of carbonyl (C=O) groups excluding carboxylic acids is 1. The summed E-state index contributed by atoms with van der Waals surface area (Å²) in [6.45, 7) is 0.271. The summed E-state index contributed by atoms with van der Waals surface area (Å²) in [4.78, 5) is 34.2. The lowest BCUT2D eigenvalue weighted by Crippen LogP contribution is -2.24. The van der Waals surface area contributed by atoms with Gasteiger partial charge in [0, 0.05) is 11.8 Å². The number of carbonyl (C=O) groups is 1. The van der Waals surface area contributed by atoms with Gasteiger partial charge in [0.25, 0.3) is 5.56 Å². The fraction of sp³-hybridized carbons (Fsp3) is 0.100. The molecule has 0 N–H and O–H groups in total. The van der Waals surface area contributed by atoms with E-state index < -0.39 is 5.82 Å². The number of aromatic nitrogens is 3. The van der Waals surface area contributed by atoms with Crippen LogP contribution in [0.5, 0.6) is 0 Å². The first-order valence-electron chi connectivity index (χ1n) is 8.41. The van der Waals surface area contributed by atoms with Crippen LogP contribution in [0.25, 0.3) is 10.2 Å². The molecule has 4 aromatic rings. The fourth-order valence-electron chi connectivity index (χ4n) is 2.68. The van der Waals surface area contributed by atoms with Gasteiger partial charge in [-0.15, -0.1) is 11.3 Å². The first-order valence-corrected chi connectivity index (χ1v) is 10.3. The number of Topliss-reactive ketones (excluding diaryl/α,β-unsaturated/α-hetero) is 1. The number of pyridine rings is 1. The number of halogens is 1. The molecule has 3 heterocycles. The van der Waals surface area contributed by atoms with Crippen LogP contribution in [-0.2, 0) is 6.54 Å². The minimum absolute atomic E-state index is 0.0932. The van der Waals surface area contributed by atoms with Gasteiger partial charge in [0.1, 0.15) is 10.5 Å². The van der Waals surface area contributed by atoms with Gasteiger partial charge >= 0.3 is 0 Å². The van der Waals surface area contributed by atoms with Crippen LogP contribution in [0.15, 0.2) is 70.1 Å². The van der Waals surface area contributed by atoms with Crippen LogP contribution in [0.2, 0.25) is 0 Å². The molecule has 0 radical (unpaired) electrons. The minimum atomic E-state index is -0.391. The van der Waals surface area contributed by atoms with E-state index in [0.29, 0.717) is 20.9 Å². The van der Waals surface area contributed by atoms with Crippen molar-refractivity contribution in [3.63, 3.8) is 0 Å². The Morgan fingerprint density at radius 2 is 1.96 bits per heavy atom. The molecule has 0 aliphatic carbocycles. The second-order valence-corrected chi connectivity index (χ2v) is 7.82. The van der Waals surface area contributed by atoms with Crippen LogP contribution in [0.3, 0.4) is 0 Å². The topological polar surface area (TPSA) is 64.8 Å². The van der Waals surface area contributed by atoms with Crippen LogP contribution in [0.1, 0.15) is 16.1 Å². The molecule has 0 aliphatic heterocycles. The zero-order chi connectivity index (χ0) is 19.5. The van der Waals surface area contributed by atoms with Crippen molar-refractivity contribution in [3.05, 3.63) is 87.5 Å². The molecule has 0 atom stereocenters. The number of thiophene rings is 1. The molecule has 0 unspecified atom stereocenters. The van der Waals surface area contributed by atoms with Crippen molar-refractivity contribution < 1.29 is 9.18 Å². The standard InChI is InChI=1S/C20H14FN3O2S2/c21-14-6-4-13(5-7-14)17(25)12-28-20-23-16-8-10-27-18(16)19(26)24(20)11-15-3-1-2-9-22-15/h1-10H,11-12H2. The molecule has 0 spiro atoms. The maximum absolute atomic E-state index is 13.1. The van der Waals surface area contributed by atoms with Crippen molar-refractivity contribution in [2.24, 2.45) is 0 Å². The van der Waals surface area contributed by atoms with E-state index in [2.05, 4.69) is 9.97 Å². The molecule has 0 bridgehead atoms. The van der Waals surface area contributed by atoms with E-state index in [0.717, 1.165) is 5.69 Å². The minimum Gasteiger partial charge on any atom is -0.293 e. The lowest BCUT2D eigenvalue weighted by molar-refractivity contribution is 0.102. The molecule has 140 valence electrons. The quantitative estimate of drug-likeness (QED) is 0.272. The molecule has 1 aromatic carbocycles. The highest BCUT2D eigenvalue weighted by Crippen LogP contribution is 2.22. The van der Waals surface area contributed by atoms with E-state index in [1.165, 1.54) is 47.4 Å². The Labute approximate surface area is 167 Å². The lowest BCUT2D eigenvalue weighted by Gasteiger charge is -2.11. The Hall–Kier alpha value is -2.84. The highest BCUT2D eigenvalue weighted by Gasteiger charge is 2.15. The molecule has 4 rings (SSSR count). The molecular weight excluding hydrogens is 397 g/mol. The SMILES string of the molecule is O=C(CSc1nc2ccsc2c(=O)n1Cc1ccccn1)c1ccc(F)cc1. The molecule has 0 saturated heterocycles. The Balaban J connectivity index is 1.65. The summed E-state index contributed by atoms with van der Waals surface area (Å²) in [6.07, 6.45) is 1.67. The van der Waals surface area contributed by atoms with Gasteiger partial charge in [0.2, 0.25) is 0 Å². The molecule has 0 amide bonds. The summed E-state index contributed by atoms with van der Waals surface area (Å²) >= 11 is 2.53. The van der Waals surface area contributed by atoms with Crippen LogP contribution in [0, 0.1) is 5.82 Å². The summed E-state index contributed by atoms with van der Waals surface area (Å²) in [7, 11) is 0. The highest BCUT2D eigenvalue weighted by atomic mass is 32.2. The van der Waals surface area contributed by atoms with Gasteiger partial charge in [-0.2, -0.15) is 0 Å². The maximum Gasteiger partial charge on any atom is 0.272 e. The molecule has 8 heteroatoms. The van der Waals surface area contributed by atoms with Crippen molar-refractivity contribution in [1.82, 2.24) is 14.5 Å². The number of benzene rings is 1. The molecule has 28 heavy (non-hydrogen) atoms. The van der Waals surface area contributed by atoms with E-state index >= 15 is 0 Å². The summed E-state index contributed by atoms with van der Waals surface area (Å²) in [5.41, 5.74) is 1.62. The first-order chi connectivity index (χ1) is 13.6. The second-order valence-electron chi connectivity index (χ2n) is 5.96. The van der Waals surface area contributed by atoms with Gasteiger partial charge in [-0.3, -0.25) is 19.1 Å². The monoisotopic (exact) mass is 411 g/mol. The number of thioether (sulfide) groups is 1. The predicted molar refractivity (Wildman–Crippen MR) is 109 cm³/mol. The molecule has 3 aromatic heterocycles. The average molecular weight is 411 g/mol. The maximum atomic E-state index is 13.1. The van der Waals surface area contributed by atoms with Gasteiger partial charge in [0.15, 0.2) is 10.9 Å². The first kappa shape index (κ1) is 18.5. The summed E-state index contributed by atoms with van der Waals surface area (Å²) in [5.74, 6) is -0.456. The number of hydrogen-bond acceptors (Lipinski definition) is 6. The predicted octanol–water partition coefficient (Wildman–Crippen LogP) is 4.02. The fourth-order valence-corrected chi connectivity index (χ4v) is 4.35. The zero-order valence-corrected chi connectivity index (χ0v) is 16.2. The third-order valence-electron chi connectivity index (χ3n) is 4.08. The van der Waals surface area contributed by atoms with Crippen LogP contribution in [0.4, 0.5) is 4.39 Å². The van der Waals surface area contributed by atoms with Crippen LogP contribution in [-0.4, -0.2) is 26.1 Å². The van der Waals surface area contributed by atoms with Crippen molar-refractivity contribution in [2.75, 3.05) is 5.75 Å². The summed E-state index contributed by atoms with van der Waals surface area (Å²) < 4.78 is 15.2. The smallest absolute Gasteiger partial charge is 0.272 e. The molecular formula is C20H14FN3O2S2. The largest absolute Gasteiger partial charge is 0.293 e. The van der Waals surface area contributed by atoms with Crippen LogP contribution >= 0.6 is 23.1 Å². The molecule has 0 aliphatic rings. The summed E-state index contributed by atoms with van der Waals surface area (Å²) in [6, 6.07) is 12.7. The van der Waals surface area contributed by atoms with Gasteiger partial charge in [0.05, 0.1) is 23.5 Å². The molecule has 0 saturated carbocycles. The van der Waals surface area contributed by atoms with Crippen molar-refractivity contribution >= 4 is 39.1 Å². The Kier molecular flexibility index (Phi) is 5.31. The van der Waals surface area contributed by atoms with Gasteiger partial charge in [-0.1, -0.05) is 17.8 Å². The van der Waals surface area contributed by atoms with E-state index in [1.807, 2.05) is 23.6 Å². The third-order valence-corrected chi connectivity index (χ3v) is 5.94. The van der Waals surface area contributed by atoms with Gasteiger partial charge in [-0.25, -0.2) is 9.37 Å². The number of rotatable bonds is 6. The van der Waals surface area contributed by atoms with E-state index in [9.17, 15) is 14.0 Å².